The lowest BCUT2D eigenvalue weighted by atomic mass is 10.1. The van der Waals surface area contributed by atoms with Crippen molar-refractivity contribution in [2.45, 2.75) is 25.6 Å². The number of anilines is 1. The third-order valence-electron chi connectivity index (χ3n) is 4.83. The molecule has 2 aromatic heterocycles. The molecule has 2 heterocycles. The number of nitrogens with one attached hydrogen (secondary N) is 1. The predicted octanol–water partition coefficient (Wildman–Crippen LogP) is 4.87. The molecule has 0 atom stereocenters. The number of para-hydroxylation sites is 1. The lowest BCUT2D eigenvalue weighted by Gasteiger charge is -2.11. The second-order valence-electron chi connectivity index (χ2n) is 7.21. The zero-order chi connectivity index (χ0) is 22.5. The molecule has 0 aliphatic rings. The molecule has 0 saturated carbocycles. The van der Waals surface area contributed by atoms with Gasteiger partial charge in [-0.05, 0) is 25.0 Å². The zero-order valence-electron chi connectivity index (χ0n) is 18.0. The molecule has 4 aromatic rings. The van der Waals surface area contributed by atoms with Crippen LogP contribution in [0.2, 0.25) is 0 Å². The summed E-state index contributed by atoms with van der Waals surface area (Å²) >= 11 is 2.73. The zero-order valence-corrected chi connectivity index (χ0v) is 19.7. The van der Waals surface area contributed by atoms with E-state index in [4.69, 9.17) is 4.74 Å². The standard InChI is InChI=1S/C23H23N5O2S2/c1-15-8-7-9-16(2)21(15)30-12-19-26-27-23(28(19)3)32-14-20(29)25-22-24-18(13-31-22)17-10-5-4-6-11-17/h4-11,13H,12,14H2,1-3H3,(H,24,25,29). The van der Waals surface area contributed by atoms with Crippen molar-refractivity contribution in [1.29, 1.82) is 0 Å². The predicted molar refractivity (Wildman–Crippen MR) is 128 cm³/mol. The van der Waals surface area contributed by atoms with Crippen LogP contribution < -0.4 is 10.1 Å². The number of rotatable bonds is 8. The van der Waals surface area contributed by atoms with Gasteiger partial charge < -0.3 is 14.6 Å². The molecule has 0 fully saturated rings. The summed E-state index contributed by atoms with van der Waals surface area (Å²) in [5, 5.41) is 14.4. The van der Waals surface area contributed by atoms with Crippen LogP contribution in [0.3, 0.4) is 0 Å². The first-order valence-corrected chi connectivity index (χ1v) is 11.9. The highest BCUT2D eigenvalue weighted by Crippen LogP contribution is 2.26. The summed E-state index contributed by atoms with van der Waals surface area (Å²) in [5.41, 5.74) is 4.03. The van der Waals surface area contributed by atoms with Crippen LogP contribution in [0, 0.1) is 13.8 Å². The number of thiazole rings is 1. The van der Waals surface area contributed by atoms with Crippen LogP contribution in [0.4, 0.5) is 5.13 Å². The molecule has 0 saturated heterocycles. The van der Waals surface area contributed by atoms with Gasteiger partial charge in [0, 0.05) is 18.0 Å². The van der Waals surface area contributed by atoms with Crippen molar-refractivity contribution in [3.63, 3.8) is 0 Å². The lowest BCUT2D eigenvalue weighted by molar-refractivity contribution is -0.113. The second kappa shape index (κ2) is 9.97. The van der Waals surface area contributed by atoms with E-state index in [2.05, 4.69) is 20.5 Å². The maximum absolute atomic E-state index is 12.4. The van der Waals surface area contributed by atoms with Crippen molar-refractivity contribution in [2.75, 3.05) is 11.1 Å². The van der Waals surface area contributed by atoms with Gasteiger partial charge in [-0.15, -0.1) is 21.5 Å². The van der Waals surface area contributed by atoms with Crippen molar-refractivity contribution in [2.24, 2.45) is 7.05 Å². The summed E-state index contributed by atoms with van der Waals surface area (Å²) in [6.45, 7) is 4.34. The summed E-state index contributed by atoms with van der Waals surface area (Å²) in [5.74, 6) is 1.63. The minimum absolute atomic E-state index is 0.139. The van der Waals surface area contributed by atoms with Gasteiger partial charge in [0.05, 0.1) is 11.4 Å². The van der Waals surface area contributed by atoms with Gasteiger partial charge in [0.25, 0.3) is 0 Å². The Hall–Kier alpha value is -3.17. The third-order valence-corrected chi connectivity index (χ3v) is 6.61. The van der Waals surface area contributed by atoms with E-state index in [0.29, 0.717) is 22.7 Å². The fraction of sp³-hybridized carbons (Fsp3) is 0.217. The Bertz CT molecular complexity index is 1200. The average Bonchev–Trinajstić information content (AvgIpc) is 3.39. The van der Waals surface area contributed by atoms with Gasteiger partial charge in [0.2, 0.25) is 5.91 Å². The molecular formula is C23H23N5O2S2. The maximum atomic E-state index is 12.4. The summed E-state index contributed by atoms with van der Waals surface area (Å²) in [6.07, 6.45) is 0. The van der Waals surface area contributed by atoms with E-state index < -0.39 is 0 Å². The molecule has 9 heteroatoms. The number of ether oxygens (including phenoxy) is 1. The third kappa shape index (κ3) is 5.17. The van der Waals surface area contributed by atoms with Crippen LogP contribution >= 0.6 is 23.1 Å². The van der Waals surface area contributed by atoms with Crippen LogP contribution in [0.25, 0.3) is 11.3 Å². The van der Waals surface area contributed by atoms with Crippen molar-refractivity contribution >= 4 is 34.1 Å². The monoisotopic (exact) mass is 465 g/mol. The highest BCUT2D eigenvalue weighted by Gasteiger charge is 2.14. The van der Waals surface area contributed by atoms with Gasteiger partial charge >= 0.3 is 0 Å². The molecule has 2 aromatic carbocycles. The first-order chi connectivity index (χ1) is 15.5. The quantitative estimate of drug-likeness (QED) is 0.374. The lowest BCUT2D eigenvalue weighted by Crippen LogP contribution is -2.14. The molecule has 32 heavy (non-hydrogen) atoms. The number of carbonyl (C=O) groups is 1. The smallest absolute Gasteiger partial charge is 0.236 e. The van der Waals surface area contributed by atoms with Crippen molar-refractivity contribution < 1.29 is 9.53 Å². The van der Waals surface area contributed by atoms with E-state index in [1.165, 1.54) is 23.1 Å². The summed E-state index contributed by atoms with van der Waals surface area (Å²) < 4.78 is 7.82. The topological polar surface area (TPSA) is 81.9 Å². The molecule has 1 N–H and O–H groups in total. The molecule has 4 rings (SSSR count). The number of benzene rings is 2. The van der Waals surface area contributed by atoms with Crippen LogP contribution in [0.5, 0.6) is 5.75 Å². The molecule has 0 spiro atoms. The second-order valence-corrected chi connectivity index (χ2v) is 9.01. The van der Waals surface area contributed by atoms with Gasteiger partial charge in [-0.2, -0.15) is 0 Å². The molecule has 0 bridgehead atoms. The first-order valence-electron chi connectivity index (χ1n) is 10.0. The number of hydrogen-bond donors (Lipinski definition) is 1. The summed E-state index contributed by atoms with van der Waals surface area (Å²) in [4.78, 5) is 16.9. The number of amides is 1. The molecule has 0 aliphatic carbocycles. The fourth-order valence-electron chi connectivity index (χ4n) is 3.12. The number of aryl methyl sites for hydroxylation is 2. The number of hydrogen-bond acceptors (Lipinski definition) is 7. The number of carbonyl (C=O) groups excluding carboxylic acids is 1. The molecule has 7 nitrogen and oxygen atoms in total. The molecule has 0 unspecified atom stereocenters. The fourth-order valence-corrected chi connectivity index (χ4v) is 4.58. The number of aromatic nitrogens is 4. The Labute approximate surface area is 194 Å². The molecular weight excluding hydrogens is 442 g/mol. The Morgan fingerprint density at radius 2 is 1.84 bits per heavy atom. The maximum Gasteiger partial charge on any atom is 0.236 e. The first kappa shape index (κ1) is 22.0. The molecule has 0 radical (unpaired) electrons. The van der Waals surface area contributed by atoms with Crippen LogP contribution in [0.1, 0.15) is 17.0 Å². The number of thioether (sulfide) groups is 1. The van der Waals surface area contributed by atoms with Crippen LogP contribution in [-0.2, 0) is 18.4 Å². The highest BCUT2D eigenvalue weighted by atomic mass is 32.2. The van der Waals surface area contributed by atoms with Gasteiger partial charge in [-0.1, -0.05) is 60.3 Å². The van der Waals surface area contributed by atoms with Crippen LogP contribution in [0.15, 0.2) is 59.1 Å². The van der Waals surface area contributed by atoms with Gasteiger partial charge in [0.1, 0.15) is 12.4 Å². The van der Waals surface area contributed by atoms with E-state index >= 15 is 0 Å². The largest absolute Gasteiger partial charge is 0.485 e. The Morgan fingerprint density at radius 3 is 2.59 bits per heavy atom. The van der Waals surface area contributed by atoms with Crippen molar-refractivity contribution in [1.82, 2.24) is 19.7 Å². The van der Waals surface area contributed by atoms with Gasteiger partial charge in [-0.3, -0.25) is 4.79 Å². The van der Waals surface area contributed by atoms with E-state index in [-0.39, 0.29) is 11.7 Å². The van der Waals surface area contributed by atoms with E-state index in [1.54, 1.807) is 0 Å². The number of nitrogens with zero attached hydrogens (tertiary/aromatic N) is 4. The van der Waals surface area contributed by atoms with Gasteiger partial charge in [0.15, 0.2) is 16.1 Å². The van der Waals surface area contributed by atoms with E-state index in [9.17, 15) is 4.79 Å². The normalized spacial score (nSPS) is 10.8. The Balaban J connectivity index is 1.31. The summed E-state index contributed by atoms with van der Waals surface area (Å²) in [7, 11) is 1.87. The molecule has 164 valence electrons. The average molecular weight is 466 g/mol. The summed E-state index contributed by atoms with van der Waals surface area (Å²) in [6, 6.07) is 15.9. The molecule has 1 amide bonds. The van der Waals surface area contributed by atoms with E-state index in [0.717, 1.165) is 28.1 Å². The van der Waals surface area contributed by atoms with E-state index in [1.807, 2.05) is 79.4 Å². The SMILES string of the molecule is Cc1cccc(C)c1OCc1nnc(SCC(=O)Nc2nc(-c3ccccc3)cs2)n1C. The minimum atomic E-state index is -0.139. The molecule has 0 aliphatic heterocycles. The van der Waals surface area contributed by atoms with Crippen molar-refractivity contribution in [3.05, 3.63) is 70.9 Å². The van der Waals surface area contributed by atoms with Gasteiger partial charge in [-0.25, -0.2) is 4.98 Å². The van der Waals surface area contributed by atoms with Crippen LogP contribution in [-0.4, -0.2) is 31.4 Å². The minimum Gasteiger partial charge on any atom is -0.485 e. The Morgan fingerprint density at radius 1 is 1.09 bits per heavy atom. The van der Waals surface area contributed by atoms with Crippen molar-refractivity contribution in [3.8, 4) is 17.0 Å². The highest BCUT2D eigenvalue weighted by molar-refractivity contribution is 7.99. The Kier molecular flexibility index (Phi) is 6.87.